The van der Waals surface area contributed by atoms with E-state index in [0.29, 0.717) is 19.8 Å². The van der Waals surface area contributed by atoms with Crippen LogP contribution >= 0.6 is 0 Å². The van der Waals surface area contributed by atoms with Crippen LogP contribution in [-0.2, 0) is 55.8 Å². The fourth-order valence-corrected chi connectivity index (χ4v) is 5.66. The minimum absolute atomic E-state index is 0.218. The Hall–Kier alpha value is -2.18. The zero-order chi connectivity index (χ0) is 28.5. The molecule has 2 aromatic carbocycles. The first-order valence-electron chi connectivity index (χ1n) is 14.3. The molecule has 41 heavy (non-hydrogen) atoms. The molecule has 0 unspecified atom stereocenters. The van der Waals surface area contributed by atoms with Crippen LogP contribution in [0.1, 0.15) is 38.8 Å². The minimum Gasteiger partial charge on any atom is -0.374 e. The highest BCUT2D eigenvalue weighted by Crippen LogP contribution is 2.44. The van der Waals surface area contributed by atoms with Crippen molar-refractivity contribution in [3.63, 3.8) is 0 Å². The van der Waals surface area contributed by atoms with Gasteiger partial charge in [-0.25, -0.2) is 0 Å². The predicted octanol–water partition coefficient (Wildman–Crippen LogP) is 4.48. The van der Waals surface area contributed by atoms with Crippen LogP contribution in [0.25, 0.3) is 0 Å². The SMILES string of the molecule is CC1(C)O[C@H]2[C@@H](O1)[C@@H](CO[C@@H]1C=C[C@H](OCc3ccccc3)[C@@H](COCc3ccccc3)O1)O[C@@H]1OC(C)(C)O[C@@H]12. The van der Waals surface area contributed by atoms with Crippen LogP contribution in [0.15, 0.2) is 72.8 Å². The quantitative estimate of drug-likeness (QED) is 0.385. The molecule has 3 fully saturated rings. The molecule has 0 radical (unpaired) electrons. The first-order chi connectivity index (χ1) is 19.7. The van der Waals surface area contributed by atoms with Crippen LogP contribution in [0.2, 0.25) is 0 Å². The van der Waals surface area contributed by atoms with Crippen LogP contribution in [0.4, 0.5) is 0 Å². The van der Waals surface area contributed by atoms with Gasteiger partial charge in [-0.1, -0.05) is 66.7 Å². The molecule has 4 aliphatic rings. The van der Waals surface area contributed by atoms with Crippen LogP contribution < -0.4 is 0 Å². The summed E-state index contributed by atoms with van der Waals surface area (Å²) in [6.07, 6.45) is 0.507. The lowest BCUT2D eigenvalue weighted by molar-refractivity contribution is -0.260. The second kappa shape index (κ2) is 12.2. The number of benzene rings is 2. The number of hydrogen-bond acceptors (Lipinski definition) is 9. The topological polar surface area (TPSA) is 83.1 Å². The third-order valence-electron chi connectivity index (χ3n) is 7.49. The molecule has 0 spiro atoms. The Kier molecular flexibility index (Phi) is 8.61. The maximum Gasteiger partial charge on any atom is 0.190 e. The van der Waals surface area contributed by atoms with E-state index in [9.17, 15) is 0 Å². The van der Waals surface area contributed by atoms with Gasteiger partial charge in [-0.05, 0) is 44.9 Å². The number of hydrogen-bond donors (Lipinski definition) is 0. The van der Waals surface area contributed by atoms with E-state index < -0.39 is 30.3 Å². The Bertz CT molecular complexity index is 1150. The van der Waals surface area contributed by atoms with Crippen molar-refractivity contribution in [2.45, 2.75) is 102 Å². The average molecular weight is 569 g/mol. The van der Waals surface area contributed by atoms with Gasteiger partial charge in [-0.15, -0.1) is 0 Å². The van der Waals surface area contributed by atoms with Crippen molar-refractivity contribution in [2.75, 3.05) is 13.2 Å². The van der Waals surface area contributed by atoms with Crippen LogP contribution in [0.3, 0.4) is 0 Å². The second-order valence-electron chi connectivity index (χ2n) is 11.7. The van der Waals surface area contributed by atoms with E-state index in [1.165, 1.54) is 0 Å². The molecule has 3 saturated heterocycles. The molecule has 0 aliphatic carbocycles. The third kappa shape index (κ3) is 7.07. The van der Waals surface area contributed by atoms with Gasteiger partial charge in [0.05, 0.1) is 26.4 Å². The Morgan fingerprint density at radius 3 is 1.98 bits per heavy atom. The number of fused-ring (bicyclic) bond motifs is 3. The average Bonchev–Trinajstić information content (AvgIpc) is 3.46. The number of ether oxygens (including phenoxy) is 9. The van der Waals surface area contributed by atoms with Gasteiger partial charge in [0.1, 0.15) is 36.6 Å². The molecule has 0 bridgehead atoms. The Labute approximate surface area is 241 Å². The van der Waals surface area contributed by atoms with Gasteiger partial charge in [0, 0.05) is 0 Å². The smallest absolute Gasteiger partial charge is 0.190 e. The van der Waals surface area contributed by atoms with E-state index in [4.69, 9.17) is 42.6 Å². The summed E-state index contributed by atoms with van der Waals surface area (Å²) in [5.41, 5.74) is 2.19. The fourth-order valence-electron chi connectivity index (χ4n) is 5.66. The van der Waals surface area contributed by atoms with Gasteiger partial charge >= 0.3 is 0 Å². The van der Waals surface area contributed by atoms with Gasteiger partial charge in [0.25, 0.3) is 0 Å². The second-order valence-corrected chi connectivity index (χ2v) is 11.7. The summed E-state index contributed by atoms with van der Waals surface area (Å²) < 4.78 is 55.7. The Balaban J connectivity index is 1.09. The summed E-state index contributed by atoms with van der Waals surface area (Å²) in [6.45, 7) is 9.03. The maximum absolute atomic E-state index is 6.35. The van der Waals surface area contributed by atoms with Crippen LogP contribution in [-0.4, -0.2) is 74.0 Å². The molecule has 0 N–H and O–H groups in total. The van der Waals surface area contributed by atoms with Crippen LogP contribution in [0, 0.1) is 0 Å². The maximum atomic E-state index is 6.35. The highest BCUT2D eigenvalue weighted by atomic mass is 16.9. The molecule has 0 amide bonds. The molecule has 9 heteroatoms. The van der Waals surface area contributed by atoms with Crippen molar-refractivity contribution >= 4 is 0 Å². The molecular formula is C32H40O9. The van der Waals surface area contributed by atoms with Crippen molar-refractivity contribution in [1.82, 2.24) is 0 Å². The Morgan fingerprint density at radius 1 is 0.610 bits per heavy atom. The first kappa shape index (κ1) is 28.9. The number of rotatable bonds is 10. The van der Waals surface area contributed by atoms with Gasteiger partial charge in [0.15, 0.2) is 24.2 Å². The molecule has 0 aromatic heterocycles. The fraction of sp³-hybridized carbons (Fsp3) is 0.562. The molecule has 0 saturated carbocycles. The summed E-state index contributed by atoms with van der Waals surface area (Å²) in [5, 5.41) is 0. The summed E-state index contributed by atoms with van der Waals surface area (Å²) in [6, 6.07) is 20.1. The van der Waals surface area contributed by atoms with Gasteiger partial charge in [-0.2, -0.15) is 0 Å². The van der Waals surface area contributed by atoms with Gasteiger partial charge in [-0.3, -0.25) is 0 Å². The summed E-state index contributed by atoms with van der Waals surface area (Å²) in [4.78, 5) is 0. The van der Waals surface area contributed by atoms with E-state index >= 15 is 0 Å². The molecule has 9 nitrogen and oxygen atoms in total. The highest BCUT2D eigenvalue weighted by molar-refractivity contribution is 5.14. The van der Waals surface area contributed by atoms with Crippen molar-refractivity contribution in [1.29, 1.82) is 0 Å². The molecule has 2 aromatic rings. The molecular weight excluding hydrogens is 528 g/mol. The van der Waals surface area contributed by atoms with E-state index in [1.807, 2.05) is 101 Å². The zero-order valence-corrected chi connectivity index (χ0v) is 24.0. The highest BCUT2D eigenvalue weighted by Gasteiger charge is 2.60. The summed E-state index contributed by atoms with van der Waals surface area (Å²) in [7, 11) is 0. The predicted molar refractivity (Wildman–Crippen MR) is 147 cm³/mol. The summed E-state index contributed by atoms with van der Waals surface area (Å²) >= 11 is 0. The Morgan fingerprint density at radius 2 is 1.24 bits per heavy atom. The van der Waals surface area contributed by atoms with Crippen molar-refractivity contribution in [2.24, 2.45) is 0 Å². The lowest BCUT2D eigenvalue weighted by Crippen LogP contribution is -2.56. The lowest BCUT2D eigenvalue weighted by atomic mass is 9.99. The van der Waals surface area contributed by atoms with Crippen LogP contribution in [0.5, 0.6) is 0 Å². The van der Waals surface area contributed by atoms with E-state index in [2.05, 4.69) is 0 Å². The van der Waals surface area contributed by atoms with Crippen molar-refractivity contribution < 1.29 is 42.6 Å². The van der Waals surface area contributed by atoms with E-state index in [-0.39, 0.29) is 37.1 Å². The third-order valence-corrected chi connectivity index (χ3v) is 7.49. The molecule has 4 heterocycles. The largest absolute Gasteiger partial charge is 0.374 e. The molecule has 6 rings (SSSR count). The molecule has 4 aliphatic heterocycles. The first-order valence-corrected chi connectivity index (χ1v) is 14.3. The van der Waals surface area contributed by atoms with Crippen molar-refractivity contribution in [3.8, 4) is 0 Å². The standard InChI is InChI=1S/C32H40O9/c1-31(2)38-27-25(37-30-29(28(27)39-31)40-32(3,4)41-30)20-35-26-16-15-23(34-18-22-13-9-6-10-14-22)24(36-26)19-33-17-21-11-7-5-8-12-21/h5-16,23-30H,17-20H2,1-4H3/t23-,24+,25+,26-,27-,28-,29+,30+/m0/s1. The van der Waals surface area contributed by atoms with E-state index in [0.717, 1.165) is 11.1 Å². The lowest BCUT2D eigenvalue weighted by Gasteiger charge is -2.38. The van der Waals surface area contributed by atoms with Gasteiger partial charge < -0.3 is 42.6 Å². The molecule has 8 atom stereocenters. The van der Waals surface area contributed by atoms with Gasteiger partial charge in [0.2, 0.25) is 0 Å². The minimum atomic E-state index is -0.775. The zero-order valence-electron chi connectivity index (χ0n) is 24.0. The normalized spacial score (nSPS) is 35.2. The monoisotopic (exact) mass is 568 g/mol. The molecule has 222 valence electrons. The van der Waals surface area contributed by atoms with Crippen molar-refractivity contribution in [3.05, 3.63) is 83.9 Å². The van der Waals surface area contributed by atoms with E-state index in [1.54, 1.807) is 0 Å². The summed E-state index contributed by atoms with van der Waals surface area (Å²) in [5.74, 6) is -1.55.